The molecule has 0 spiro atoms. The maximum atomic E-state index is 11.5. The molecule has 1 rings (SSSR count). The van der Waals surface area contributed by atoms with Crippen molar-refractivity contribution >= 4 is 11.8 Å². The van der Waals surface area contributed by atoms with Gasteiger partial charge in [-0.2, -0.15) is 0 Å². The number of imide groups is 1. The molecule has 2 amide bonds. The van der Waals surface area contributed by atoms with Gasteiger partial charge in [0, 0.05) is 32.2 Å². The molecular formula is C15H25NO5. The molecule has 0 aromatic rings. The second-order valence-corrected chi connectivity index (χ2v) is 5.93. The van der Waals surface area contributed by atoms with Crippen molar-refractivity contribution in [3.05, 3.63) is 12.2 Å². The van der Waals surface area contributed by atoms with E-state index in [2.05, 4.69) is 6.92 Å². The largest absolute Gasteiger partial charge is 0.351 e. The number of amides is 2. The second kappa shape index (κ2) is 7.15. The Bertz CT molecular complexity index is 400. The van der Waals surface area contributed by atoms with Crippen LogP contribution < -0.4 is 0 Å². The second-order valence-electron chi connectivity index (χ2n) is 5.93. The number of methoxy groups -OCH3 is 1. The van der Waals surface area contributed by atoms with E-state index in [1.807, 2.05) is 13.8 Å². The van der Waals surface area contributed by atoms with Crippen LogP contribution in [-0.4, -0.2) is 41.8 Å². The number of carbonyl (C=O) groups is 2. The highest BCUT2D eigenvalue weighted by Gasteiger charge is 2.33. The van der Waals surface area contributed by atoms with E-state index in [1.165, 1.54) is 19.3 Å². The number of rotatable bonds is 9. The van der Waals surface area contributed by atoms with E-state index in [0.29, 0.717) is 6.42 Å². The van der Waals surface area contributed by atoms with E-state index in [9.17, 15) is 9.59 Å². The zero-order chi connectivity index (χ0) is 16.1. The van der Waals surface area contributed by atoms with Gasteiger partial charge in [-0.3, -0.25) is 14.5 Å². The van der Waals surface area contributed by atoms with Gasteiger partial charge in [-0.05, 0) is 27.2 Å². The number of nitrogens with zero attached hydrogens (tertiary/aromatic N) is 1. The monoisotopic (exact) mass is 299 g/mol. The van der Waals surface area contributed by atoms with Gasteiger partial charge in [-0.15, -0.1) is 0 Å². The van der Waals surface area contributed by atoms with Gasteiger partial charge in [0.1, 0.15) is 0 Å². The van der Waals surface area contributed by atoms with Gasteiger partial charge in [0.05, 0.1) is 5.60 Å². The lowest BCUT2D eigenvalue weighted by Gasteiger charge is -2.32. The standard InChI is InChI=1S/C15H25NO5/c1-6-9-14(2,3)20-21-15(4,19-5)10-11-16-12(17)7-8-13(16)18/h7-8H,6,9-11H2,1-5H3. The molecule has 1 aliphatic heterocycles. The van der Waals surface area contributed by atoms with Crippen molar-refractivity contribution in [3.63, 3.8) is 0 Å². The highest BCUT2D eigenvalue weighted by Crippen LogP contribution is 2.24. The van der Waals surface area contributed by atoms with Crippen LogP contribution in [-0.2, 0) is 24.1 Å². The van der Waals surface area contributed by atoms with Crippen LogP contribution in [0.15, 0.2) is 12.2 Å². The van der Waals surface area contributed by atoms with Crippen molar-refractivity contribution in [2.24, 2.45) is 0 Å². The average Bonchev–Trinajstić information content (AvgIpc) is 2.74. The Kier molecular flexibility index (Phi) is 6.07. The molecule has 1 atom stereocenters. The summed E-state index contributed by atoms with van der Waals surface area (Å²) >= 11 is 0. The van der Waals surface area contributed by atoms with Crippen molar-refractivity contribution < 1.29 is 24.1 Å². The Balaban J connectivity index is 2.52. The van der Waals surface area contributed by atoms with Crippen molar-refractivity contribution in [1.29, 1.82) is 0 Å². The van der Waals surface area contributed by atoms with Gasteiger partial charge in [-0.25, -0.2) is 9.78 Å². The third-order valence-electron chi connectivity index (χ3n) is 3.42. The van der Waals surface area contributed by atoms with E-state index >= 15 is 0 Å². The molecule has 0 aromatic heterocycles. The first-order valence-electron chi connectivity index (χ1n) is 7.18. The maximum absolute atomic E-state index is 11.5. The molecule has 1 unspecified atom stereocenters. The van der Waals surface area contributed by atoms with Crippen LogP contribution in [0.2, 0.25) is 0 Å². The summed E-state index contributed by atoms with van der Waals surface area (Å²) < 4.78 is 5.32. The first-order valence-corrected chi connectivity index (χ1v) is 7.18. The molecule has 0 bridgehead atoms. The summed E-state index contributed by atoms with van der Waals surface area (Å²) in [4.78, 5) is 35.0. The topological polar surface area (TPSA) is 65.1 Å². The zero-order valence-electron chi connectivity index (χ0n) is 13.5. The first-order chi connectivity index (χ1) is 9.73. The van der Waals surface area contributed by atoms with Crippen molar-refractivity contribution in [3.8, 4) is 0 Å². The lowest BCUT2D eigenvalue weighted by atomic mass is 10.0. The van der Waals surface area contributed by atoms with Crippen LogP contribution >= 0.6 is 0 Å². The van der Waals surface area contributed by atoms with Crippen LogP contribution in [0.4, 0.5) is 0 Å². The van der Waals surface area contributed by atoms with Gasteiger partial charge < -0.3 is 4.74 Å². The molecule has 1 heterocycles. The molecule has 6 nitrogen and oxygen atoms in total. The summed E-state index contributed by atoms with van der Waals surface area (Å²) in [6.07, 6.45) is 4.66. The third kappa shape index (κ3) is 5.22. The van der Waals surface area contributed by atoms with Gasteiger partial charge in [0.15, 0.2) is 5.79 Å². The first kappa shape index (κ1) is 17.8. The summed E-state index contributed by atoms with van der Waals surface area (Å²) in [7, 11) is 1.50. The number of hydrogen-bond donors (Lipinski definition) is 0. The molecule has 0 saturated carbocycles. The molecule has 6 heteroatoms. The molecular weight excluding hydrogens is 274 g/mol. The fraction of sp³-hybridized carbons (Fsp3) is 0.733. The summed E-state index contributed by atoms with van der Waals surface area (Å²) in [6, 6.07) is 0. The number of carbonyl (C=O) groups excluding carboxylic acids is 2. The van der Waals surface area contributed by atoms with E-state index < -0.39 is 11.4 Å². The highest BCUT2D eigenvalue weighted by atomic mass is 17.2. The van der Waals surface area contributed by atoms with Crippen LogP contribution in [0, 0.1) is 0 Å². The Labute approximate surface area is 126 Å². The Morgan fingerprint density at radius 2 is 1.62 bits per heavy atom. The fourth-order valence-corrected chi connectivity index (χ4v) is 1.99. The quantitative estimate of drug-likeness (QED) is 0.282. The van der Waals surface area contributed by atoms with Gasteiger partial charge >= 0.3 is 0 Å². The molecule has 1 aliphatic rings. The maximum Gasteiger partial charge on any atom is 0.253 e. The van der Waals surface area contributed by atoms with E-state index in [1.54, 1.807) is 6.92 Å². The van der Waals surface area contributed by atoms with E-state index in [4.69, 9.17) is 14.5 Å². The average molecular weight is 299 g/mol. The van der Waals surface area contributed by atoms with Crippen molar-refractivity contribution in [2.45, 2.75) is 58.3 Å². The molecule has 0 N–H and O–H groups in total. The Hall–Kier alpha value is -1.24. The molecule has 0 aromatic carbocycles. The van der Waals surface area contributed by atoms with Gasteiger partial charge in [0.25, 0.3) is 11.8 Å². The summed E-state index contributed by atoms with van der Waals surface area (Å²) in [5, 5.41) is 0. The number of hydrogen-bond acceptors (Lipinski definition) is 5. The van der Waals surface area contributed by atoms with Crippen LogP contribution in [0.1, 0.15) is 47.0 Å². The highest BCUT2D eigenvalue weighted by molar-refractivity contribution is 6.12. The fourth-order valence-electron chi connectivity index (χ4n) is 1.99. The Morgan fingerprint density at radius 3 is 2.10 bits per heavy atom. The van der Waals surface area contributed by atoms with Crippen LogP contribution in [0.3, 0.4) is 0 Å². The van der Waals surface area contributed by atoms with Crippen molar-refractivity contribution in [1.82, 2.24) is 4.90 Å². The minimum absolute atomic E-state index is 0.215. The Morgan fingerprint density at radius 1 is 1.05 bits per heavy atom. The third-order valence-corrected chi connectivity index (χ3v) is 3.42. The summed E-state index contributed by atoms with van der Waals surface area (Å²) in [5.74, 6) is -1.65. The predicted octanol–water partition coefficient (Wildman–Crippen LogP) is 2.19. The minimum Gasteiger partial charge on any atom is -0.351 e. The zero-order valence-corrected chi connectivity index (χ0v) is 13.5. The molecule has 21 heavy (non-hydrogen) atoms. The lowest BCUT2D eigenvalue weighted by molar-refractivity contribution is -0.455. The van der Waals surface area contributed by atoms with Gasteiger partial charge in [-0.1, -0.05) is 13.3 Å². The smallest absolute Gasteiger partial charge is 0.253 e. The molecule has 0 fully saturated rings. The van der Waals surface area contributed by atoms with Crippen LogP contribution in [0.25, 0.3) is 0 Å². The lowest BCUT2D eigenvalue weighted by Crippen LogP contribution is -2.41. The molecule has 0 aliphatic carbocycles. The van der Waals surface area contributed by atoms with Gasteiger partial charge in [0.2, 0.25) is 0 Å². The number of ether oxygens (including phenoxy) is 1. The molecule has 0 saturated heterocycles. The SMILES string of the molecule is CCCC(C)(C)OOC(C)(CCN1C(=O)C=CC1=O)OC. The van der Waals surface area contributed by atoms with E-state index in [0.717, 1.165) is 17.7 Å². The normalized spacial score (nSPS) is 18.4. The summed E-state index contributed by atoms with van der Waals surface area (Å²) in [6.45, 7) is 7.87. The van der Waals surface area contributed by atoms with Crippen molar-refractivity contribution in [2.75, 3.05) is 13.7 Å². The molecule has 120 valence electrons. The minimum atomic E-state index is -1.02. The predicted molar refractivity (Wildman–Crippen MR) is 77.0 cm³/mol. The van der Waals surface area contributed by atoms with Crippen LogP contribution in [0.5, 0.6) is 0 Å². The summed E-state index contributed by atoms with van der Waals surface area (Å²) in [5.41, 5.74) is -0.421. The molecule has 0 radical (unpaired) electrons. The van der Waals surface area contributed by atoms with E-state index in [-0.39, 0.29) is 18.4 Å².